The number of halogens is 2. The number of carbonyl (C=O) groups excluding carboxylic acids is 1. The van der Waals surface area contributed by atoms with Gasteiger partial charge in [0.2, 0.25) is 0 Å². The molecule has 1 aromatic carbocycles. The Morgan fingerprint density at radius 1 is 1.40 bits per heavy atom. The summed E-state index contributed by atoms with van der Waals surface area (Å²) in [5.74, 6) is -6.59. The Labute approximate surface area is 117 Å². The molecule has 0 aromatic heterocycles. The van der Waals surface area contributed by atoms with Crippen molar-refractivity contribution < 1.29 is 23.0 Å². The minimum Gasteiger partial charge on any atom is -0.462 e. The second-order valence-corrected chi connectivity index (χ2v) is 4.19. The first-order chi connectivity index (χ1) is 9.52. The van der Waals surface area contributed by atoms with Crippen molar-refractivity contribution in [2.75, 3.05) is 13.2 Å². The molecular weight excluding hydrogens is 266 g/mol. The Bertz CT molecular complexity index is 432. The minimum atomic E-state index is -3.63. The van der Waals surface area contributed by atoms with Gasteiger partial charge in [-0.3, -0.25) is 0 Å². The standard InChI is InChI=1S/C15H18F2O3/c1-3-13(15(16,17)14(18)20-4-2)11-19-10-12-8-6-5-7-9-12/h3,5-9,13H,1,4,10-11H2,2H3. The van der Waals surface area contributed by atoms with E-state index in [1.54, 1.807) is 0 Å². The second kappa shape index (κ2) is 7.75. The molecule has 0 radical (unpaired) electrons. The van der Waals surface area contributed by atoms with Crippen LogP contribution in [0.15, 0.2) is 43.0 Å². The number of benzene rings is 1. The van der Waals surface area contributed by atoms with E-state index in [9.17, 15) is 13.6 Å². The maximum absolute atomic E-state index is 13.8. The lowest BCUT2D eigenvalue weighted by Gasteiger charge is -2.22. The van der Waals surface area contributed by atoms with E-state index in [1.165, 1.54) is 6.92 Å². The smallest absolute Gasteiger partial charge is 0.377 e. The van der Waals surface area contributed by atoms with E-state index in [4.69, 9.17) is 4.74 Å². The molecule has 0 saturated heterocycles. The molecule has 0 amide bonds. The molecule has 0 saturated carbocycles. The molecule has 0 fully saturated rings. The Hall–Kier alpha value is -1.75. The van der Waals surface area contributed by atoms with Gasteiger partial charge in [0.15, 0.2) is 0 Å². The summed E-state index contributed by atoms with van der Waals surface area (Å²) in [6.07, 6.45) is 1.02. The van der Waals surface area contributed by atoms with E-state index >= 15 is 0 Å². The predicted octanol–water partition coefficient (Wildman–Crippen LogP) is 3.20. The van der Waals surface area contributed by atoms with Gasteiger partial charge >= 0.3 is 11.9 Å². The lowest BCUT2D eigenvalue weighted by molar-refractivity contribution is -0.180. The van der Waals surface area contributed by atoms with Crippen LogP contribution < -0.4 is 0 Å². The van der Waals surface area contributed by atoms with Crippen LogP contribution in [0.3, 0.4) is 0 Å². The molecule has 1 rings (SSSR count). The molecule has 1 atom stereocenters. The molecule has 3 nitrogen and oxygen atoms in total. The summed E-state index contributed by atoms with van der Waals surface area (Å²) >= 11 is 0. The van der Waals surface area contributed by atoms with Crippen LogP contribution in [0.2, 0.25) is 0 Å². The molecule has 0 N–H and O–H groups in total. The molecule has 110 valence electrons. The average molecular weight is 284 g/mol. The normalized spacial score (nSPS) is 12.8. The van der Waals surface area contributed by atoms with Crippen LogP contribution in [-0.4, -0.2) is 25.1 Å². The van der Waals surface area contributed by atoms with Crippen LogP contribution in [0, 0.1) is 5.92 Å². The highest BCUT2D eigenvalue weighted by Gasteiger charge is 2.47. The Morgan fingerprint density at radius 2 is 2.05 bits per heavy atom. The van der Waals surface area contributed by atoms with Crippen LogP contribution in [0.4, 0.5) is 8.78 Å². The van der Waals surface area contributed by atoms with Gasteiger partial charge in [0, 0.05) is 0 Å². The number of hydrogen-bond donors (Lipinski definition) is 0. The van der Waals surface area contributed by atoms with Gasteiger partial charge in [-0.25, -0.2) is 4.79 Å². The molecule has 0 spiro atoms. The third-order valence-corrected chi connectivity index (χ3v) is 2.71. The lowest BCUT2D eigenvalue weighted by Crippen LogP contribution is -2.40. The average Bonchev–Trinajstić information content (AvgIpc) is 2.44. The van der Waals surface area contributed by atoms with E-state index in [1.807, 2.05) is 30.3 Å². The molecule has 20 heavy (non-hydrogen) atoms. The van der Waals surface area contributed by atoms with Crippen molar-refractivity contribution in [3.8, 4) is 0 Å². The van der Waals surface area contributed by atoms with Crippen molar-refractivity contribution in [1.29, 1.82) is 0 Å². The van der Waals surface area contributed by atoms with E-state index in [-0.39, 0.29) is 19.8 Å². The number of esters is 1. The fraction of sp³-hybridized carbons (Fsp3) is 0.400. The molecule has 0 aliphatic heterocycles. The monoisotopic (exact) mass is 284 g/mol. The first kappa shape index (κ1) is 16.3. The van der Waals surface area contributed by atoms with Gasteiger partial charge in [-0.1, -0.05) is 36.4 Å². The van der Waals surface area contributed by atoms with E-state index in [0.29, 0.717) is 0 Å². The molecule has 1 aromatic rings. The fourth-order valence-corrected chi connectivity index (χ4v) is 1.58. The van der Waals surface area contributed by atoms with Gasteiger partial charge in [-0.2, -0.15) is 8.78 Å². The zero-order valence-corrected chi connectivity index (χ0v) is 11.4. The molecule has 0 bridgehead atoms. The van der Waals surface area contributed by atoms with Gasteiger partial charge in [0.1, 0.15) is 0 Å². The van der Waals surface area contributed by atoms with Gasteiger partial charge in [0.25, 0.3) is 0 Å². The topological polar surface area (TPSA) is 35.5 Å². The number of alkyl halides is 2. The number of hydrogen-bond acceptors (Lipinski definition) is 3. The quantitative estimate of drug-likeness (QED) is 0.543. The maximum atomic E-state index is 13.8. The zero-order valence-electron chi connectivity index (χ0n) is 11.4. The number of carbonyl (C=O) groups is 1. The molecule has 0 heterocycles. The van der Waals surface area contributed by atoms with Crippen LogP contribution in [0.25, 0.3) is 0 Å². The third kappa shape index (κ3) is 4.42. The maximum Gasteiger partial charge on any atom is 0.377 e. The number of ether oxygens (including phenoxy) is 2. The molecule has 1 unspecified atom stereocenters. The van der Waals surface area contributed by atoms with Crippen molar-refractivity contribution in [3.63, 3.8) is 0 Å². The van der Waals surface area contributed by atoms with Gasteiger partial charge < -0.3 is 9.47 Å². The molecule has 0 aliphatic carbocycles. The van der Waals surface area contributed by atoms with E-state index in [0.717, 1.165) is 11.6 Å². The van der Waals surface area contributed by atoms with Crippen molar-refractivity contribution in [2.45, 2.75) is 19.5 Å². The first-order valence-corrected chi connectivity index (χ1v) is 6.31. The van der Waals surface area contributed by atoms with Crippen molar-refractivity contribution in [3.05, 3.63) is 48.6 Å². The highest BCUT2D eigenvalue weighted by molar-refractivity contribution is 5.78. The highest BCUT2D eigenvalue weighted by Crippen LogP contribution is 2.27. The van der Waals surface area contributed by atoms with Crippen molar-refractivity contribution >= 4 is 5.97 Å². The molecule has 0 aliphatic rings. The van der Waals surface area contributed by atoms with E-state index < -0.39 is 17.8 Å². The summed E-state index contributed by atoms with van der Waals surface area (Å²) in [7, 11) is 0. The van der Waals surface area contributed by atoms with Gasteiger partial charge in [-0.15, -0.1) is 6.58 Å². The third-order valence-electron chi connectivity index (χ3n) is 2.71. The minimum absolute atomic E-state index is 0.0941. The van der Waals surface area contributed by atoms with Crippen LogP contribution >= 0.6 is 0 Å². The Morgan fingerprint density at radius 3 is 2.60 bits per heavy atom. The summed E-state index contributed by atoms with van der Waals surface area (Å²) in [6, 6.07) is 9.16. The summed E-state index contributed by atoms with van der Waals surface area (Å²) in [5, 5.41) is 0. The largest absolute Gasteiger partial charge is 0.462 e. The SMILES string of the molecule is C=CC(COCc1ccccc1)C(F)(F)C(=O)OCC. The predicted molar refractivity (Wildman–Crippen MR) is 71.4 cm³/mol. The zero-order chi connectivity index (χ0) is 15.0. The van der Waals surface area contributed by atoms with Gasteiger partial charge in [-0.05, 0) is 12.5 Å². The Kier molecular flexibility index (Phi) is 6.31. The number of rotatable bonds is 8. The van der Waals surface area contributed by atoms with Gasteiger partial charge in [0.05, 0.1) is 25.7 Å². The van der Waals surface area contributed by atoms with Crippen LogP contribution in [0.1, 0.15) is 12.5 Å². The highest BCUT2D eigenvalue weighted by atomic mass is 19.3. The lowest BCUT2D eigenvalue weighted by atomic mass is 10.0. The van der Waals surface area contributed by atoms with E-state index in [2.05, 4.69) is 11.3 Å². The summed E-state index contributed by atoms with van der Waals surface area (Å²) in [4.78, 5) is 11.2. The summed E-state index contributed by atoms with van der Waals surface area (Å²) < 4.78 is 37.1. The molecule has 5 heteroatoms. The van der Waals surface area contributed by atoms with Crippen molar-refractivity contribution in [1.82, 2.24) is 0 Å². The second-order valence-electron chi connectivity index (χ2n) is 4.19. The van der Waals surface area contributed by atoms with Crippen LogP contribution in [0.5, 0.6) is 0 Å². The summed E-state index contributed by atoms with van der Waals surface area (Å²) in [6.45, 7) is 4.61. The van der Waals surface area contributed by atoms with Crippen molar-refractivity contribution in [2.24, 2.45) is 5.92 Å². The Balaban J connectivity index is 2.54. The first-order valence-electron chi connectivity index (χ1n) is 6.31. The van der Waals surface area contributed by atoms with Crippen LogP contribution in [-0.2, 0) is 20.9 Å². The summed E-state index contributed by atoms with van der Waals surface area (Å²) in [5.41, 5.74) is 0.870. The fourth-order valence-electron chi connectivity index (χ4n) is 1.58. The molecular formula is C15H18F2O3.